The Balaban J connectivity index is 2.93. The molecule has 114 valence electrons. The first-order valence-electron chi connectivity index (χ1n) is 7.40. The van der Waals surface area contributed by atoms with E-state index in [9.17, 15) is 14.4 Å². The zero-order valence-electron chi connectivity index (χ0n) is 12.9. The fourth-order valence-electron chi connectivity index (χ4n) is 2.98. The molecule has 1 aliphatic rings. The summed E-state index contributed by atoms with van der Waals surface area (Å²) in [5.41, 5.74) is -0.597. The maximum Gasteiger partial charge on any atom is 0.328 e. The molecular weight excluding hydrogens is 258 g/mol. The Morgan fingerprint density at radius 3 is 2.15 bits per heavy atom. The largest absolute Gasteiger partial charge is 0.467 e. The number of likely N-dealkylation sites (tertiary alicyclic amines) is 1. The third-order valence-corrected chi connectivity index (χ3v) is 4.69. The molecule has 5 nitrogen and oxygen atoms in total. The summed E-state index contributed by atoms with van der Waals surface area (Å²) < 4.78 is 4.71. The van der Waals surface area contributed by atoms with E-state index >= 15 is 0 Å². The molecule has 0 aromatic carbocycles. The number of rotatable bonds is 6. The van der Waals surface area contributed by atoms with Crippen LogP contribution in [0.15, 0.2) is 0 Å². The summed E-state index contributed by atoms with van der Waals surface area (Å²) in [6.07, 6.45) is 3.23. The van der Waals surface area contributed by atoms with Crippen LogP contribution in [0.2, 0.25) is 0 Å². The normalized spacial score (nSPS) is 19.0. The van der Waals surface area contributed by atoms with Gasteiger partial charge < -0.3 is 9.64 Å². The summed E-state index contributed by atoms with van der Waals surface area (Å²) >= 11 is 0. The summed E-state index contributed by atoms with van der Waals surface area (Å²) in [5.74, 6) is -1.32. The van der Waals surface area contributed by atoms with Crippen LogP contribution in [0.5, 0.6) is 0 Å². The molecule has 1 heterocycles. The standard InChI is InChI=1S/C15H25NO4/c1-5-15(6-2,7-3)12(17)13(18)16-10-8-9-11(16)14(19)20-4/h11H,5-10H2,1-4H3/t11-/m0/s1. The van der Waals surface area contributed by atoms with Crippen molar-refractivity contribution >= 4 is 17.7 Å². The highest BCUT2D eigenvalue weighted by atomic mass is 16.5. The van der Waals surface area contributed by atoms with Gasteiger partial charge in [0, 0.05) is 12.0 Å². The Morgan fingerprint density at radius 2 is 1.70 bits per heavy atom. The van der Waals surface area contributed by atoms with Crippen molar-refractivity contribution in [1.29, 1.82) is 0 Å². The van der Waals surface area contributed by atoms with E-state index in [-0.39, 0.29) is 5.78 Å². The van der Waals surface area contributed by atoms with Crippen molar-refractivity contribution in [1.82, 2.24) is 4.90 Å². The monoisotopic (exact) mass is 283 g/mol. The summed E-state index contributed by atoms with van der Waals surface area (Å²) in [5, 5.41) is 0. The van der Waals surface area contributed by atoms with Gasteiger partial charge in [-0.15, -0.1) is 0 Å². The van der Waals surface area contributed by atoms with E-state index in [1.54, 1.807) is 0 Å². The van der Waals surface area contributed by atoms with E-state index in [0.29, 0.717) is 32.2 Å². The quantitative estimate of drug-likeness (QED) is 0.552. The number of ketones is 1. The van der Waals surface area contributed by atoms with Gasteiger partial charge in [-0.05, 0) is 32.1 Å². The van der Waals surface area contributed by atoms with Crippen LogP contribution in [0.4, 0.5) is 0 Å². The molecule has 1 amide bonds. The highest BCUT2D eigenvalue weighted by Gasteiger charge is 2.43. The Labute approximate surface area is 120 Å². The average Bonchev–Trinajstić information content (AvgIpc) is 2.97. The third-order valence-electron chi connectivity index (χ3n) is 4.69. The molecule has 1 rings (SSSR count). The number of esters is 1. The smallest absolute Gasteiger partial charge is 0.328 e. The number of hydrogen-bond donors (Lipinski definition) is 0. The number of amides is 1. The van der Waals surface area contributed by atoms with Gasteiger partial charge in [0.2, 0.25) is 5.78 Å². The second kappa shape index (κ2) is 6.86. The number of hydrogen-bond acceptors (Lipinski definition) is 4. The first kappa shape index (κ1) is 16.7. The summed E-state index contributed by atoms with van der Waals surface area (Å²) in [6, 6.07) is -0.597. The van der Waals surface area contributed by atoms with E-state index in [4.69, 9.17) is 4.74 Å². The molecule has 20 heavy (non-hydrogen) atoms. The predicted octanol–water partition coefficient (Wildman–Crippen LogP) is 1.94. The van der Waals surface area contributed by atoms with Crippen LogP contribution in [0.3, 0.4) is 0 Å². The molecule has 0 unspecified atom stereocenters. The first-order chi connectivity index (χ1) is 9.47. The Hall–Kier alpha value is -1.39. The van der Waals surface area contributed by atoms with E-state index < -0.39 is 23.3 Å². The lowest BCUT2D eigenvalue weighted by Crippen LogP contribution is -2.48. The van der Waals surface area contributed by atoms with Crippen molar-refractivity contribution in [3.8, 4) is 0 Å². The zero-order chi connectivity index (χ0) is 15.3. The van der Waals surface area contributed by atoms with E-state index in [2.05, 4.69) is 0 Å². The first-order valence-corrected chi connectivity index (χ1v) is 7.40. The van der Waals surface area contributed by atoms with Gasteiger partial charge in [-0.25, -0.2) is 4.79 Å². The number of carbonyl (C=O) groups is 3. The van der Waals surface area contributed by atoms with Gasteiger partial charge in [0.05, 0.1) is 7.11 Å². The van der Waals surface area contributed by atoms with Crippen molar-refractivity contribution in [2.75, 3.05) is 13.7 Å². The molecule has 0 radical (unpaired) electrons. The molecule has 1 atom stereocenters. The van der Waals surface area contributed by atoms with Crippen LogP contribution in [-0.4, -0.2) is 42.3 Å². The van der Waals surface area contributed by atoms with Crippen LogP contribution in [0.1, 0.15) is 52.9 Å². The van der Waals surface area contributed by atoms with Gasteiger partial charge in [-0.3, -0.25) is 9.59 Å². The fraction of sp³-hybridized carbons (Fsp3) is 0.800. The van der Waals surface area contributed by atoms with Crippen molar-refractivity contribution in [2.24, 2.45) is 5.41 Å². The second-order valence-corrected chi connectivity index (χ2v) is 5.35. The Kier molecular flexibility index (Phi) is 5.72. The SMILES string of the molecule is CCC(CC)(CC)C(=O)C(=O)N1CCC[C@H]1C(=O)OC. The van der Waals surface area contributed by atoms with Gasteiger partial charge in [0.15, 0.2) is 0 Å². The molecule has 1 saturated heterocycles. The molecule has 0 aromatic rings. The molecule has 0 bridgehead atoms. The van der Waals surface area contributed by atoms with Gasteiger partial charge >= 0.3 is 5.97 Å². The highest BCUT2D eigenvalue weighted by molar-refractivity contribution is 6.38. The minimum atomic E-state index is -0.597. The fourth-order valence-corrected chi connectivity index (χ4v) is 2.98. The topological polar surface area (TPSA) is 63.7 Å². The summed E-state index contributed by atoms with van der Waals surface area (Å²) in [4.78, 5) is 38.1. The lowest BCUT2D eigenvalue weighted by atomic mass is 9.75. The number of carbonyl (C=O) groups excluding carboxylic acids is 3. The predicted molar refractivity (Wildman–Crippen MR) is 75.1 cm³/mol. The molecule has 1 fully saturated rings. The molecule has 0 spiro atoms. The van der Waals surface area contributed by atoms with E-state index in [0.717, 1.165) is 6.42 Å². The minimum Gasteiger partial charge on any atom is -0.467 e. The molecule has 0 aliphatic carbocycles. The number of Topliss-reactive ketones (excluding diaryl/α,β-unsaturated/α-hetero) is 1. The van der Waals surface area contributed by atoms with Crippen LogP contribution in [0, 0.1) is 5.41 Å². The van der Waals surface area contributed by atoms with Gasteiger partial charge in [-0.2, -0.15) is 0 Å². The minimum absolute atomic E-state index is 0.360. The van der Waals surface area contributed by atoms with Gasteiger partial charge in [0.25, 0.3) is 5.91 Å². The summed E-state index contributed by atoms with van der Waals surface area (Å²) in [6.45, 7) is 6.25. The average molecular weight is 283 g/mol. The lowest BCUT2D eigenvalue weighted by Gasteiger charge is -2.31. The molecular formula is C15H25NO4. The molecule has 1 aliphatic heterocycles. The number of nitrogens with zero attached hydrogens (tertiary/aromatic N) is 1. The summed E-state index contributed by atoms with van der Waals surface area (Å²) in [7, 11) is 1.31. The van der Waals surface area contributed by atoms with Gasteiger partial charge in [0.1, 0.15) is 6.04 Å². The Bertz CT molecular complexity index is 379. The van der Waals surface area contributed by atoms with Crippen molar-refractivity contribution in [2.45, 2.75) is 58.9 Å². The zero-order valence-corrected chi connectivity index (χ0v) is 12.9. The van der Waals surface area contributed by atoms with Crippen LogP contribution >= 0.6 is 0 Å². The molecule has 0 N–H and O–H groups in total. The van der Waals surface area contributed by atoms with Crippen molar-refractivity contribution in [3.63, 3.8) is 0 Å². The van der Waals surface area contributed by atoms with E-state index in [1.165, 1.54) is 12.0 Å². The second-order valence-electron chi connectivity index (χ2n) is 5.35. The molecule has 5 heteroatoms. The molecule has 0 aromatic heterocycles. The number of ether oxygens (including phenoxy) is 1. The van der Waals surface area contributed by atoms with Gasteiger partial charge in [-0.1, -0.05) is 20.8 Å². The molecule has 0 saturated carbocycles. The van der Waals surface area contributed by atoms with Crippen molar-refractivity contribution in [3.05, 3.63) is 0 Å². The lowest BCUT2D eigenvalue weighted by molar-refractivity contribution is -0.156. The Morgan fingerprint density at radius 1 is 1.15 bits per heavy atom. The van der Waals surface area contributed by atoms with E-state index in [1.807, 2.05) is 20.8 Å². The third kappa shape index (κ3) is 2.86. The number of methoxy groups -OCH3 is 1. The highest BCUT2D eigenvalue weighted by Crippen LogP contribution is 2.33. The van der Waals surface area contributed by atoms with Crippen LogP contribution in [-0.2, 0) is 19.1 Å². The van der Waals surface area contributed by atoms with Crippen molar-refractivity contribution < 1.29 is 19.1 Å². The maximum absolute atomic E-state index is 12.6. The van der Waals surface area contributed by atoms with Crippen LogP contribution < -0.4 is 0 Å². The maximum atomic E-state index is 12.6. The van der Waals surface area contributed by atoms with Crippen LogP contribution in [0.25, 0.3) is 0 Å².